The van der Waals surface area contributed by atoms with Gasteiger partial charge in [-0.05, 0) is 31.2 Å². The smallest absolute Gasteiger partial charge is 0.257 e. The summed E-state index contributed by atoms with van der Waals surface area (Å²) >= 11 is 2.01. The Bertz CT molecular complexity index is 450. The highest BCUT2D eigenvalue weighted by Crippen LogP contribution is 2.23. The molecule has 0 unspecified atom stereocenters. The average Bonchev–Trinajstić information content (AvgIpc) is 2.47. The molecule has 0 N–H and O–H groups in total. The van der Waals surface area contributed by atoms with Gasteiger partial charge < -0.3 is 4.42 Å². The number of hydrogen-bond acceptors (Lipinski definition) is 2. The van der Waals surface area contributed by atoms with Gasteiger partial charge in [-0.1, -0.05) is 0 Å². The van der Waals surface area contributed by atoms with Crippen molar-refractivity contribution in [2.75, 3.05) is 0 Å². The predicted molar refractivity (Wildman–Crippen MR) is 59.4 cm³/mol. The molecule has 0 saturated heterocycles. The molecule has 2 nitrogen and oxygen atoms in total. The third-order valence-electron chi connectivity index (χ3n) is 1.89. The maximum Gasteiger partial charge on any atom is 0.257 e. The first-order valence-electron chi connectivity index (χ1n) is 4.05. The molecular formula is C10H7FINO. The second-order valence-electron chi connectivity index (χ2n) is 2.88. The molecule has 1 aromatic heterocycles. The predicted octanol–water partition coefficient (Wildman–Crippen LogP) is 3.39. The fourth-order valence-corrected chi connectivity index (χ4v) is 1.81. The highest BCUT2D eigenvalue weighted by Gasteiger charge is 2.09. The van der Waals surface area contributed by atoms with Gasteiger partial charge in [-0.25, -0.2) is 9.37 Å². The van der Waals surface area contributed by atoms with E-state index in [1.807, 2.05) is 29.5 Å². The fraction of sp³-hybridized carbons (Fsp3) is 0.100. The van der Waals surface area contributed by atoms with Crippen molar-refractivity contribution in [3.63, 3.8) is 0 Å². The van der Waals surface area contributed by atoms with Crippen LogP contribution >= 0.6 is 22.6 Å². The Balaban J connectivity index is 2.49. The Labute approximate surface area is 94.3 Å². The molecule has 0 radical (unpaired) electrons. The van der Waals surface area contributed by atoms with Crippen molar-refractivity contribution in [1.29, 1.82) is 0 Å². The molecule has 0 aliphatic heterocycles. The summed E-state index contributed by atoms with van der Waals surface area (Å²) in [5.74, 6) is 0.505. The number of nitrogens with zero attached hydrogens (tertiary/aromatic N) is 1. The third-order valence-corrected chi connectivity index (χ3v) is 2.35. The zero-order valence-electron chi connectivity index (χ0n) is 7.42. The van der Waals surface area contributed by atoms with Crippen molar-refractivity contribution < 1.29 is 8.81 Å². The van der Waals surface area contributed by atoms with Crippen LogP contribution in [0, 0.1) is 16.6 Å². The van der Waals surface area contributed by atoms with E-state index in [-0.39, 0.29) is 5.82 Å². The van der Waals surface area contributed by atoms with E-state index in [0.29, 0.717) is 3.90 Å². The quantitative estimate of drug-likeness (QED) is 0.755. The standard InChI is InChI=1S/C10H7FINO/c1-6-9(13-10(12)14-6)7-2-4-8(11)5-3-7/h2-5H,1H3. The van der Waals surface area contributed by atoms with E-state index in [4.69, 9.17) is 4.42 Å². The van der Waals surface area contributed by atoms with E-state index >= 15 is 0 Å². The van der Waals surface area contributed by atoms with E-state index in [0.717, 1.165) is 17.0 Å². The van der Waals surface area contributed by atoms with Crippen molar-refractivity contribution in [3.8, 4) is 11.3 Å². The topological polar surface area (TPSA) is 26.0 Å². The first kappa shape index (κ1) is 9.64. The molecule has 14 heavy (non-hydrogen) atoms. The van der Waals surface area contributed by atoms with Gasteiger partial charge in [0.05, 0.1) is 0 Å². The first-order valence-corrected chi connectivity index (χ1v) is 5.13. The van der Waals surface area contributed by atoms with Crippen LogP contribution in [0.5, 0.6) is 0 Å². The SMILES string of the molecule is Cc1oc(I)nc1-c1ccc(F)cc1. The van der Waals surface area contributed by atoms with E-state index in [9.17, 15) is 4.39 Å². The molecule has 0 bridgehead atoms. The summed E-state index contributed by atoms with van der Waals surface area (Å²) in [6, 6.07) is 6.21. The molecule has 72 valence electrons. The number of hydrogen-bond donors (Lipinski definition) is 0. The number of benzene rings is 1. The van der Waals surface area contributed by atoms with Gasteiger partial charge in [0.15, 0.2) is 0 Å². The fourth-order valence-electron chi connectivity index (χ4n) is 1.24. The molecule has 1 heterocycles. The molecule has 0 aliphatic carbocycles. The Morgan fingerprint density at radius 2 is 1.93 bits per heavy atom. The summed E-state index contributed by atoms with van der Waals surface area (Å²) in [6.07, 6.45) is 0. The minimum atomic E-state index is -0.246. The zero-order valence-corrected chi connectivity index (χ0v) is 9.58. The van der Waals surface area contributed by atoms with Crippen LogP contribution in [0.15, 0.2) is 28.7 Å². The van der Waals surface area contributed by atoms with Gasteiger partial charge >= 0.3 is 0 Å². The van der Waals surface area contributed by atoms with Crippen LogP contribution in [-0.4, -0.2) is 4.98 Å². The largest absolute Gasteiger partial charge is 0.437 e. The Morgan fingerprint density at radius 3 is 2.43 bits per heavy atom. The van der Waals surface area contributed by atoms with Crippen LogP contribution in [-0.2, 0) is 0 Å². The van der Waals surface area contributed by atoms with Gasteiger partial charge in [0.1, 0.15) is 17.3 Å². The molecule has 0 fully saturated rings. The van der Waals surface area contributed by atoms with Crippen molar-refractivity contribution in [2.45, 2.75) is 6.92 Å². The number of aryl methyl sites for hydroxylation is 1. The first-order chi connectivity index (χ1) is 6.66. The van der Waals surface area contributed by atoms with Crippen LogP contribution in [0.2, 0.25) is 0 Å². The molecule has 0 amide bonds. The van der Waals surface area contributed by atoms with Crippen molar-refractivity contribution in [2.24, 2.45) is 0 Å². The lowest BCUT2D eigenvalue weighted by Gasteiger charge is -1.96. The van der Waals surface area contributed by atoms with E-state index in [1.54, 1.807) is 12.1 Å². The molecule has 0 atom stereocenters. The normalized spacial score (nSPS) is 10.5. The van der Waals surface area contributed by atoms with Crippen molar-refractivity contribution >= 4 is 22.6 Å². The van der Waals surface area contributed by atoms with Crippen LogP contribution in [0.1, 0.15) is 5.76 Å². The van der Waals surface area contributed by atoms with Gasteiger partial charge in [-0.15, -0.1) is 0 Å². The summed E-state index contributed by atoms with van der Waals surface area (Å²) in [7, 11) is 0. The summed E-state index contributed by atoms with van der Waals surface area (Å²) in [5, 5.41) is 0. The summed E-state index contributed by atoms with van der Waals surface area (Å²) < 4.78 is 18.5. The Morgan fingerprint density at radius 1 is 1.29 bits per heavy atom. The summed E-state index contributed by atoms with van der Waals surface area (Å²) in [4.78, 5) is 4.21. The number of rotatable bonds is 1. The van der Waals surface area contributed by atoms with E-state index < -0.39 is 0 Å². The van der Waals surface area contributed by atoms with Crippen LogP contribution in [0.4, 0.5) is 4.39 Å². The van der Waals surface area contributed by atoms with Crippen LogP contribution < -0.4 is 0 Å². The summed E-state index contributed by atoms with van der Waals surface area (Å²) in [6.45, 7) is 1.84. The third kappa shape index (κ3) is 1.79. The van der Waals surface area contributed by atoms with Crippen LogP contribution in [0.3, 0.4) is 0 Å². The molecule has 0 saturated carbocycles. The Kier molecular flexibility index (Phi) is 2.54. The van der Waals surface area contributed by atoms with Gasteiger partial charge in [-0.2, -0.15) is 0 Å². The lowest BCUT2D eigenvalue weighted by atomic mass is 10.1. The van der Waals surface area contributed by atoms with Gasteiger partial charge in [0.2, 0.25) is 0 Å². The lowest BCUT2D eigenvalue weighted by molar-refractivity contribution is 0.497. The molecular weight excluding hydrogens is 296 g/mol. The molecule has 1 aromatic carbocycles. The zero-order chi connectivity index (χ0) is 10.1. The number of halogens is 2. The number of oxazole rings is 1. The lowest BCUT2D eigenvalue weighted by Crippen LogP contribution is -1.81. The van der Waals surface area contributed by atoms with Gasteiger partial charge in [0, 0.05) is 28.2 Å². The van der Waals surface area contributed by atoms with E-state index in [1.165, 1.54) is 12.1 Å². The molecule has 0 spiro atoms. The molecule has 0 aliphatic rings. The molecule has 4 heteroatoms. The Hall–Kier alpha value is -0.910. The van der Waals surface area contributed by atoms with Gasteiger partial charge in [-0.3, -0.25) is 0 Å². The van der Waals surface area contributed by atoms with E-state index in [2.05, 4.69) is 4.98 Å². The average molecular weight is 303 g/mol. The van der Waals surface area contributed by atoms with Crippen molar-refractivity contribution in [1.82, 2.24) is 4.98 Å². The summed E-state index contributed by atoms with van der Waals surface area (Å²) in [5.41, 5.74) is 1.64. The number of aromatic nitrogens is 1. The second kappa shape index (κ2) is 3.68. The monoisotopic (exact) mass is 303 g/mol. The maximum absolute atomic E-state index is 12.7. The molecule has 2 aromatic rings. The van der Waals surface area contributed by atoms with Crippen LogP contribution in [0.25, 0.3) is 11.3 Å². The minimum Gasteiger partial charge on any atom is -0.437 e. The molecule has 2 rings (SSSR count). The minimum absolute atomic E-state index is 0.246. The van der Waals surface area contributed by atoms with Gasteiger partial charge in [0.25, 0.3) is 3.90 Å². The second-order valence-corrected chi connectivity index (χ2v) is 3.80. The highest BCUT2D eigenvalue weighted by molar-refractivity contribution is 14.1. The highest BCUT2D eigenvalue weighted by atomic mass is 127. The maximum atomic E-state index is 12.7. The van der Waals surface area contributed by atoms with Crippen molar-refractivity contribution in [3.05, 3.63) is 39.7 Å².